The number of benzene rings is 2. The van der Waals surface area contributed by atoms with Crippen LogP contribution in [-0.2, 0) is 6.54 Å². The lowest BCUT2D eigenvalue weighted by Crippen LogP contribution is -2.02. The van der Waals surface area contributed by atoms with Crippen molar-refractivity contribution in [3.05, 3.63) is 48.3 Å². The monoisotopic (exact) mass is 311 g/mol. The molecule has 6 nitrogen and oxygen atoms in total. The quantitative estimate of drug-likeness (QED) is 0.754. The lowest BCUT2D eigenvalue weighted by atomic mass is 10.2. The summed E-state index contributed by atoms with van der Waals surface area (Å²) in [5.41, 5.74) is 1.79. The Balaban J connectivity index is 1.85. The first-order valence-electron chi connectivity index (χ1n) is 7.10. The summed E-state index contributed by atoms with van der Waals surface area (Å²) in [5.74, 6) is 1.92. The third kappa shape index (κ3) is 3.11. The number of phenols is 1. The standard InChI is InChI=1S/C17H17N3O3/c1-22-12-5-3-11(4-6-12)9-18-17-13-7-15(21)16(23-2)8-14(13)19-10-20-17/h3-8,10,21H,9H2,1-2H3,(H,18,19,20). The van der Waals surface area contributed by atoms with Crippen LogP contribution in [0.3, 0.4) is 0 Å². The summed E-state index contributed by atoms with van der Waals surface area (Å²) >= 11 is 0. The molecular weight excluding hydrogens is 294 g/mol. The summed E-state index contributed by atoms with van der Waals surface area (Å²) in [5, 5.41) is 14.0. The number of ether oxygens (including phenoxy) is 2. The van der Waals surface area contributed by atoms with Crippen LogP contribution in [0, 0.1) is 0 Å². The summed E-state index contributed by atoms with van der Waals surface area (Å²) in [6, 6.07) is 11.1. The summed E-state index contributed by atoms with van der Waals surface area (Å²) < 4.78 is 10.2. The maximum Gasteiger partial charge on any atom is 0.162 e. The van der Waals surface area contributed by atoms with Gasteiger partial charge in [0.2, 0.25) is 0 Å². The Labute approximate surface area is 133 Å². The van der Waals surface area contributed by atoms with Gasteiger partial charge in [-0.3, -0.25) is 0 Å². The van der Waals surface area contributed by atoms with E-state index in [1.165, 1.54) is 13.4 Å². The molecule has 6 heteroatoms. The first kappa shape index (κ1) is 14.9. The van der Waals surface area contributed by atoms with Gasteiger partial charge in [0, 0.05) is 18.0 Å². The minimum atomic E-state index is 0.0577. The molecule has 0 aliphatic rings. The number of nitrogens with zero attached hydrogens (tertiary/aromatic N) is 2. The highest BCUT2D eigenvalue weighted by atomic mass is 16.5. The number of fused-ring (bicyclic) bond motifs is 1. The SMILES string of the molecule is COc1ccc(CNc2ncnc3cc(OC)c(O)cc23)cc1. The number of aromatic hydroxyl groups is 1. The first-order chi connectivity index (χ1) is 11.2. The molecule has 0 amide bonds. The first-order valence-corrected chi connectivity index (χ1v) is 7.10. The third-order valence-corrected chi connectivity index (χ3v) is 3.55. The molecule has 0 saturated carbocycles. The molecule has 0 unspecified atom stereocenters. The summed E-state index contributed by atoms with van der Waals surface area (Å²) in [7, 11) is 3.14. The normalized spacial score (nSPS) is 10.5. The Hall–Kier alpha value is -3.02. The van der Waals surface area contributed by atoms with Crippen LogP contribution in [0.15, 0.2) is 42.7 Å². The third-order valence-electron chi connectivity index (χ3n) is 3.55. The zero-order valence-electron chi connectivity index (χ0n) is 12.9. The second-order valence-electron chi connectivity index (χ2n) is 4.97. The smallest absolute Gasteiger partial charge is 0.162 e. The number of aromatic nitrogens is 2. The van der Waals surface area contributed by atoms with Crippen LogP contribution in [0.25, 0.3) is 10.9 Å². The van der Waals surface area contributed by atoms with Crippen molar-refractivity contribution in [2.45, 2.75) is 6.54 Å². The Morgan fingerprint density at radius 1 is 1.04 bits per heavy atom. The molecule has 0 fully saturated rings. The molecule has 0 radical (unpaired) electrons. The van der Waals surface area contributed by atoms with Crippen LogP contribution in [0.4, 0.5) is 5.82 Å². The maximum absolute atomic E-state index is 9.95. The highest BCUT2D eigenvalue weighted by Crippen LogP contribution is 2.32. The number of phenolic OH excluding ortho intramolecular Hbond substituents is 1. The Bertz CT molecular complexity index is 819. The van der Waals surface area contributed by atoms with Crippen LogP contribution in [0.2, 0.25) is 0 Å². The van der Waals surface area contributed by atoms with E-state index in [4.69, 9.17) is 9.47 Å². The van der Waals surface area contributed by atoms with Crippen molar-refractivity contribution >= 4 is 16.7 Å². The van der Waals surface area contributed by atoms with Gasteiger partial charge in [0.05, 0.1) is 19.7 Å². The van der Waals surface area contributed by atoms with Crippen LogP contribution in [0.5, 0.6) is 17.2 Å². The van der Waals surface area contributed by atoms with Crippen molar-refractivity contribution in [1.82, 2.24) is 9.97 Å². The van der Waals surface area contributed by atoms with Crippen molar-refractivity contribution < 1.29 is 14.6 Å². The molecule has 0 aliphatic heterocycles. The number of hydrogen-bond donors (Lipinski definition) is 2. The summed E-state index contributed by atoms with van der Waals surface area (Å²) in [6.45, 7) is 0.600. The molecule has 3 rings (SSSR count). The van der Waals surface area contributed by atoms with Gasteiger partial charge in [0.25, 0.3) is 0 Å². The van der Waals surface area contributed by atoms with E-state index in [1.54, 1.807) is 19.2 Å². The predicted molar refractivity (Wildman–Crippen MR) is 88.1 cm³/mol. The van der Waals surface area contributed by atoms with Crippen molar-refractivity contribution in [3.63, 3.8) is 0 Å². The average Bonchev–Trinajstić information content (AvgIpc) is 2.60. The van der Waals surface area contributed by atoms with Gasteiger partial charge in [-0.15, -0.1) is 0 Å². The van der Waals surface area contributed by atoms with Crippen molar-refractivity contribution in [1.29, 1.82) is 0 Å². The van der Waals surface area contributed by atoms with Crippen molar-refractivity contribution in [2.24, 2.45) is 0 Å². The molecular formula is C17H17N3O3. The van der Waals surface area contributed by atoms with Crippen LogP contribution in [0.1, 0.15) is 5.56 Å². The van der Waals surface area contributed by atoms with E-state index in [-0.39, 0.29) is 5.75 Å². The fourth-order valence-electron chi connectivity index (χ4n) is 2.31. The van der Waals surface area contributed by atoms with E-state index in [1.807, 2.05) is 24.3 Å². The molecule has 0 spiro atoms. The van der Waals surface area contributed by atoms with Crippen LogP contribution in [-0.4, -0.2) is 29.3 Å². The van der Waals surface area contributed by atoms with Crippen LogP contribution < -0.4 is 14.8 Å². The van der Waals surface area contributed by atoms with Gasteiger partial charge in [0.1, 0.15) is 17.9 Å². The number of hydrogen-bond acceptors (Lipinski definition) is 6. The molecule has 1 aromatic heterocycles. The highest BCUT2D eigenvalue weighted by molar-refractivity contribution is 5.91. The number of anilines is 1. The van der Waals surface area contributed by atoms with Gasteiger partial charge in [0.15, 0.2) is 11.5 Å². The molecule has 0 aliphatic carbocycles. The van der Waals surface area contributed by atoms with Crippen LogP contribution >= 0.6 is 0 Å². The van der Waals surface area contributed by atoms with Crippen molar-refractivity contribution in [3.8, 4) is 17.2 Å². The fourth-order valence-corrected chi connectivity index (χ4v) is 2.31. The zero-order chi connectivity index (χ0) is 16.2. The van der Waals surface area contributed by atoms with E-state index in [2.05, 4.69) is 15.3 Å². The molecule has 1 heterocycles. The van der Waals surface area contributed by atoms with Gasteiger partial charge >= 0.3 is 0 Å². The van der Waals surface area contributed by atoms with Gasteiger partial charge < -0.3 is 19.9 Å². The van der Waals surface area contributed by atoms with E-state index in [0.717, 1.165) is 16.7 Å². The zero-order valence-corrected chi connectivity index (χ0v) is 12.9. The lowest BCUT2D eigenvalue weighted by molar-refractivity contribution is 0.374. The van der Waals surface area contributed by atoms with E-state index in [0.29, 0.717) is 23.6 Å². The molecule has 2 N–H and O–H groups in total. The lowest BCUT2D eigenvalue weighted by Gasteiger charge is -2.10. The summed E-state index contributed by atoms with van der Waals surface area (Å²) in [4.78, 5) is 8.46. The van der Waals surface area contributed by atoms with Gasteiger partial charge in [-0.05, 0) is 23.8 Å². The molecule has 23 heavy (non-hydrogen) atoms. The number of methoxy groups -OCH3 is 2. The molecule has 2 aromatic carbocycles. The number of nitrogens with one attached hydrogen (secondary N) is 1. The Morgan fingerprint density at radius 3 is 2.52 bits per heavy atom. The topological polar surface area (TPSA) is 76.5 Å². The van der Waals surface area contributed by atoms with Gasteiger partial charge in [-0.1, -0.05) is 12.1 Å². The molecule has 0 bridgehead atoms. The Kier molecular flexibility index (Phi) is 4.14. The predicted octanol–water partition coefficient (Wildman–Crippen LogP) is 2.96. The van der Waals surface area contributed by atoms with Crippen molar-refractivity contribution in [2.75, 3.05) is 19.5 Å². The highest BCUT2D eigenvalue weighted by Gasteiger charge is 2.09. The van der Waals surface area contributed by atoms with E-state index >= 15 is 0 Å². The van der Waals surface area contributed by atoms with Gasteiger partial charge in [-0.25, -0.2) is 9.97 Å². The van der Waals surface area contributed by atoms with Gasteiger partial charge in [-0.2, -0.15) is 0 Å². The second kappa shape index (κ2) is 6.39. The molecule has 0 atom stereocenters. The minimum absolute atomic E-state index is 0.0577. The fraction of sp³-hybridized carbons (Fsp3) is 0.176. The maximum atomic E-state index is 9.95. The largest absolute Gasteiger partial charge is 0.504 e. The summed E-state index contributed by atoms with van der Waals surface area (Å²) in [6.07, 6.45) is 1.48. The molecule has 3 aromatic rings. The molecule has 118 valence electrons. The molecule has 0 saturated heterocycles. The van der Waals surface area contributed by atoms with E-state index < -0.39 is 0 Å². The van der Waals surface area contributed by atoms with E-state index in [9.17, 15) is 5.11 Å². The second-order valence-corrected chi connectivity index (χ2v) is 4.97. The average molecular weight is 311 g/mol. The number of rotatable bonds is 5. The Morgan fingerprint density at radius 2 is 1.83 bits per heavy atom. The minimum Gasteiger partial charge on any atom is -0.504 e.